The van der Waals surface area contributed by atoms with Gasteiger partial charge in [0.25, 0.3) is 0 Å². The van der Waals surface area contributed by atoms with E-state index in [0.29, 0.717) is 5.69 Å². The molecule has 1 aromatic carbocycles. The summed E-state index contributed by atoms with van der Waals surface area (Å²) in [5, 5.41) is 12.0. The molecule has 0 spiro atoms. The van der Waals surface area contributed by atoms with Crippen molar-refractivity contribution in [3.63, 3.8) is 0 Å². The maximum absolute atomic E-state index is 12.2. The van der Waals surface area contributed by atoms with Crippen molar-refractivity contribution in [2.75, 3.05) is 13.2 Å². The Morgan fingerprint density at radius 1 is 1.18 bits per heavy atom. The molecule has 8 heteroatoms. The normalized spacial score (nSPS) is 13.6. The minimum Gasteiger partial charge on any atom is -0.483 e. The summed E-state index contributed by atoms with van der Waals surface area (Å²) in [5.74, 6) is -0.150. The summed E-state index contributed by atoms with van der Waals surface area (Å²) in [5.41, 5.74) is 2.35. The number of aliphatic hydroxyl groups is 1. The SMILES string of the molecule is CC(CO)c1ccc(CC(=O)NC(C)c2ccc(OCC(F)(F)F)cn2)cc1. The van der Waals surface area contributed by atoms with Crippen LogP contribution in [0.2, 0.25) is 0 Å². The third-order valence-corrected chi connectivity index (χ3v) is 4.17. The van der Waals surface area contributed by atoms with E-state index in [1.807, 2.05) is 31.2 Å². The molecule has 0 saturated carbocycles. The second-order valence-electron chi connectivity index (χ2n) is 6.61. The van der Waals surface area contributed by atoms with Crippen molar-refractivity contribution >= 4 is 5.91 Å². The molecule has 2 rings (SSSR count). The molecule has 0 saturated heterocycles. The van der Waals surface area contributed by atoms with Crippen molar-refractivity contribution in [2.45, 2.75) is 38.4 Å². The summed E-state index contributed by atoms with van der Waals surface area (Å²) in [6.07, 6.45) is -3.02. The molecule has 2 unspecified atom stereocenters. The Hall–Kier alpha value is -2.61. The zero-order chi connectivity index (χ0) is 20.7. The van der Waals surface area contributed by atoms with Crippen LogP contribution in [0.15, 0.2) is 42.6 Å². The van der Waals surface area contributed by atoms with Crippen LogP contribution in [0.25, 0.3) is 0 Å². The Balaban J connectivity index is 1.87. The van der Waals surface area contributed by atoms with E-state index in [9.17, 15) is 18.0 Å². The third kappa shape index (κ3) is 6.84. The monoisotopic (exact) mass is 396 g/mol. The minimum absolute atomic E-state index is 0.0109. The van der Waals surface area contributed by atoms with Crippen LogP contribution in [-0.4, -0.2) is 35.4 Å². The van der Waals surface area contributed by atoms with Crippen LogP contribution in [0.1, 0.15) is 42.6 Å². The topological polar surface area (TPSA) is 71.5 Å². The molecule has 1 aromatic heterocycles. The summed E-state index contributed by atoms with van der Waals surface area (Å²) in [6, 6.07) is 9.95. The first kappa shape index (κ1) is 21.7. The first-order valence-electron chi connectivity index (χ1n) is 8.82. The molecule has 0 aliphatic carbocycles. The maximum Gasteiger partial charge on any atom is 0.422 e. The van der Waals surface area contributed by atoms with Gasteiger partial charge in [0.05, 0.1) is 24.4 Å². The molecule has 5 nitrogen and oxygen atoms in total. The molecule has 0 aliphatic rings. The number of halogens is 3. The second kappa shape index (κ2) is 9.54. The number of aliphatic hydroxyl groups excluding tert-OH is 1. The molecule has 0 aliphatic heterocycles. The molecule has 0 fully saturated rings. The van der Waals surface area contributed by atoms with Crippen molar-refractivity contribution in [1.29, 1.82) is 0 Å². The Labute approximate surface area is 161 Å². The van der Waals surface area contributed by atoms with Crippen molar-refractivity contribution in [3.8, 4) is 5.75 Å². The number of hydrogen-bond acceptors (Lipinski definition) is 4. The van der Waals surface area contributed by atoms with E-state index in [1.54, 1.807) is 6.92 Å². The Morgan fingerprint density at radius 3 is 2.39 bits per heavy atom. The van der Waals surface area contributed by atoms with Crippen LogP contribution in [0.4, 0.5) is 13.2 Å². The predicted octanol–water partition coefficient (Wildman–Crippen LogP) is 3.54. The number of carbonyl (C=O) groups is 1. The number of nitrogens with one attached hydrogen (secondary N) is 1. The van der Waals surface area contributed by atoms with E-state index in [2.05, 4.69) is 15.0 Å². The minimum atomic E-state index is -4.41. The van der Waals surface area contributed by atoms with Gasteiger partial charge in [0.1, 0.15) is 5.75 Å². The van der Waals surface area contributed by atoms with Crippen LogP contribution < -0.4 is 10.1 Å². The molecule has 1 amide bonds. The van der Waals surface area contributed by atoms with Crippen molar-refractivity contribution in [2.24, 2.45) is 0 Å². The summed E-state index contributed by atoms with van der Waals surface area (Å²) < 4.78 is 41.0. The number of carbonyl (C=O) groups excluding carboxylic acids is 1. The number of aromatic nitrogens is 1. The van der Waals surface area contributed by atoms with Gasteiger partial charge in [-0.3, -0.25) is 9.78 Å². The zero-order valence-corrected chi connectivity index (χ0v) is 15.7. The van der Waals surface area contributed by atoms with Crippen LogP contribution in [0.5, 0.6) is 5.75 Å². The number of benzene rings is 1. The fraction of sp³-hybridized carbons (Fsp3) is 0.400. The third-order valence-electron chi connectivity index (χ3n) is 4.17. The highest BCUT2D eigenvalue weighted by Crippen LogP contribution is 2.19. The van der Waals surface area contributed by atoms with Gasteiger partial charge in [0.15, 0.2) is 6.61 Å². The lowest BCUT2D eigenvalue weighted by Gasteiger charge is -2.15. The van der Waals surface area contributed by atoms with E-state index in [0.717, 1.165) is 11.1 Å². The molecule has 0 radical (unpaired) electrons. The molecule has 0 bridgehead atoms. The Bertz CT molecular complexity index is 762. The van der Waals surface area contributed by atoms with Gasteiger partial charge in [-0.1, -0.05) is 31.2 Å². The molecule has 28 heavy (non-hydrogen) atoms. The average molecular weight is 396 g/mol. The van der Waals surface area contributed by atoms with Gasteiger partial charge in [0, 0.05) is 12.5 Å². The second-order valence-corrected chi connectivity index (χ2v) is 6.61. The van der Waals surface area contributed by atoms with Gasteiger partial charge in [-0.2, -0.15) is 13.2 Å². The highest BCUT2D eigenvalue weighted by Gasteiger charge is 2.28. The number of alkyl halides is 3. The van der Waals surface area contributed by atoms with Gasteiger partial charge in [-0.15, -0.1) is 0 Å². The van der Waals surface area contributed by atoms with Crippen molar-refractivity contribution < 1.29 is 27.8 Å². The van der Waals surface area contributed by atoms with E-state index in [-0.39, 0.29) is 30.6 Å². The number of rotatable bonds is 8. The highest BCUT2D eigenvalue weighted by molar-refractivity contribution is 5.78. The number of ether oxygens (including phenoxy) is 1. The molecule has 2 atom stereocenters. The van der Waals surface area contributed by atoms with Crippen LogP contribution >= 0.6 is 0 Å². The lowest BCUT2D eigenvalue weighted by Crippen LogP contribution is -2.28. The lowest BCUT2D eigenvalue weighted by atomic mass is 10.00. The van der Waals surface area contributed by atoms with Crippen molar-refractivity contribution in [3.05, 3.63) is 59.4 Å². The highest BCUT2D eigenvalue weighted by atomic mass is 19.4. The summed E-state index contributed by atoms with van der Waals surface area (Å²) in [7, 11) is 0. The Kier molecular flexibility index (Phi) is 7.39. The van der Waals surface area contributed by atoms with Gasteiger partial charge >= 0.3 is 6.18 Å². The maximum atomic E-state index is 12.2. The molecule has 2 aromatic rings. The van der Waals surface area contributed by atoms with Gasteiger partial charge in [-0.25, -0.2) is 0 Å². The summed E-state index contributed by atoms with van der Waals surface area (Å²) in [4.78, 5) is 16.3. The van der Waals surface area contributed by atoms with E-state index in [4.69, 9.17) is 5.11 Å². The van der Waals surface area contributed by atoms with Crippen LogP contribution in [0.3, 0.4) is 0 Å². The summed E-state index contributed by atoms with van der Waals surface area (Å²) >= 11 is 0. The molecular formula is C20H23F3N2O3. The fourth-order valence-corrected chi connectivity index (χ4v) is 2.52. The largest absolute Gasteiger partial charge is 0.483 e. The first-order valence-corrected chi connectivity index (χ1v) is 8.82. The molecule has 2 N–H and O–H groups in total. The van der Waals surface area contributed by atoms with Gasteiger partial charge in [-0.05, 0) is 30.2 Å². The smallest absolute Gasteiger partial charge is 0.422 e. The standard InChI is InChI=1S/C20H23F3N2O3/c1-13(11-26)16-5-3-15(4-6-16)9-19(27)25-14(2)18-8-7-17(10-24-18)28-12-20(21,22)23/h3-8,10,13-14,26H,9,11-12H2,1-2H3,(H,25,27). The predicted molar refractivity (Wildman–Crippen MR) is 98.0 cm³/mol. The zero-order valence-electron chi connectivity index (χ0n) is 15.7. The molecule has 1 heterocycles. The molecular weight excluding hydrogens is 373 g/mol. The summed E-state index contributed by atoms with van der Waals surface area (Å²) in [6.45, 7) is 2.33. The van der Waals surface area contributed by atoms with Gasteiger partial charge < -0.3 is 15.2 Å². The average Bonchev–Trinajstić information content (AvgIpc) is 2.66. The quantitative estimate of drug-likeness (QED) is 0.716. The van der Waals surface area contributed by atoms with E-state index in [1.165, 1.54) is 18.3 Å². The Morgan fingerprint density at radius 2 is 1.86 bits per heavy atom. The number of nitrogens with zero attached hydrogens (tertiary/aromatic N) is 1. The number of hydrogen-bond donors (Lipinski definition) is 2. The van der Waals surface area contributed by atoms with Crippen molar-refractivity contribution in [1.82, 2.24) is 10.3 Å². The first-order chi connectivity index (χ1) is 13.2. The molecule has 152 valence electrons. The van der Waals surface area contributed by atoms with Gasteiger partial charge in [0.2, 0.25) is 5.91 Å². The number of pyridine rings is 1. The lowest BCUT2D eigenvalue weighted by molar-refractivity contribution is -0.153. The van der Waals surface area contributed by atoms with E-state index >= 15 is 0 Å². The fourth-order valence-electron chi connectivity index (χ4n) is 2.52. The van der Waals surface area contributed by atoms with Crippen LogP contribution in [-0.2, 0) is 11.2 Å². The number of amides is 1. The van der Waals surface area contributed by atoms with E-state index < -0.39 is 18.8 Å². The van der Waals surface area contributed by atoms with Crippen LogP contribution in [0, 0.1) is 0 Å².